The summed E-state index contributed by atoms with van der Waals surface area (Å²) in [6, 6.07) is -0.730. The number of ether oxygens (including phenoxy) is 2. The van der Waals surface area contributed by atoms with Crippen molar-refractivity contribution in [2.24, 2.45) is 0 Å². The lowest BCUT2D eigenvalue weighted by molar-refractivity contribution is -0.302. The summed E-state index contributed by atoms with van der Waals surface area (Å²) in [6.45, 7) is 3.75. The van der Waals surface area contributed by atoms with E-state index in [1.54, 1.807) is 0 Å². The first-order chi connectivity index (χ1) is 38.3. The highest BCUT2D eigenvalue weighted by Crippen LogP contribution is 2.23. The number of unbranched alkanes of at least 4 members (excludes halogenated alkanes) is 35. The lowest BCUT2D eigenvalue weighted by Gasteiger charge is -2.40. The molecule has 1 amide bonds. The Kier molecular flexibility index (Phi) is 54.6. The second-order valence-corrected chi connectivity index (χ2v) is 22.9. The smallest absolute Gasteiger partial charge is 0.220 e. The number of hydrogen-bond acceptors (Lipinski definition) is 8. The summed E-state index contributed by atoms with van der Waals surface area (Å²) in [5, 5.41) is 54.9. The van der Waals surface area contributed by atoms with Crippen molar-refractivity contribution in [1.82, 2.24) is 5.32 Å². The Bertz CT molecular complexity index is 1460. The van der Waals surface area contributed by atoms with Crippen LogP contribution in [0.5, 0.6) is 0 Å². The summed E-state index contributed by atoms with van der Waals surface area (Å²) in [4.78, 5) is 13.1. The van der Waals surface area contributed by atoms with Crippen molar-refractivity contribution in [3.63, 3.8) is 0 Å². The van der Waals surface area contributed by atoms with Crippen LogP contribution in [0.2, 0.25) is 0 Å². The van der Waals surface area contributed by atoms with E-state index >= 15 is 0 Å². The Balaban J connectivity index is 2.16. The lowest BCUT2D eigenvalue weighted by atomic mass is 9.99. The van der Waals surface area contributed by atoms with E-state index < -0.39 is 49.5 Å². The average Bonchev–Trinajstić information content (AvgIpc) is 3.45. The number of rotatable bonds is 57. The molecule has 0 spiro atoms. The van der Waals surface area contributed by atoms with Gasteiger partial charge in [-0.25, -0.2) is 0 Å². The molecule has 0 aromatic rings. The molecule has 0 saturated carbocycles. The first kappa shape index (κ1) is 73.6. The molecule has 7 unspecified atom stereocenters. The van der Waals surface area contributed by atoms with Crippen molar-refractivity contribution in [3.8, 4) is 0 Å². The maximum Gasteiger partial charge on any atom is 0.220 e. The molecule has 6 N–H and O–H groups in total. The van der Waals surface area contributed by atoms with Gasteiger partial charge in [0.05, 0.1) is 25.4 Å². The molecule has 1 aliphatic rings. The van der Waals surface area contributed by atoms with Crippen molar-refractivity contribution in [1.29, 1.82) is 0 Å². The molecule has 1 rings (SSSR count). The number of hydrogen-bond donors (Lipinski definition) is 6. The lowest BCUT2D eigenvalue weighted by Crippen LogP contribution is -2.60. The molecule has 1 saturated heterocycles. The average molecular weight is 1100 g/mol. The van der Waals surface area contributed by atoms with Gasteiger partial charge in [-0.3, -0.25) is 4.79 Å². The van der Waals surface area contributed by atoms with Gasteiger partial charge in [-0.05, 0) is 64.2 Å². The number of aliphatic hydroxyl groups excluding tert-OH is 5. The summed E-state index contributed by atoms with van der Waals surface area (Å²) >= 11 is 0. The van der Waals surface area contributed by atoms with E-state index in [-0.39, 0.29) is 12.5 Å². The fraction of sp³-hybridized carbons (Fsp3) is 0.812. The molecule has 9 heteroatoms. The van der Waals surface area contributed by atoms with Crippen LogP contribution in [-0.2, 0) is 14.3 Å². The highest BCUT2D eigenvalue weighted by Gasteiger charge is 2.44. The van der Waals surface area contributed by atoms with Crippen LogP contribution in [0.15, 0.2) is 72.9 Å². The quantitative estimate of drug-likeness (QED) is 0.0261. The van der Waals surface area contributed by atoms with Crippen LogP contribution in [0.3, 0.4) is 0 Å². The number of aliphatic hydroxyl groups is 5. The summed E-state index contributed by atoms with van der Waals surface area (Å²) in [6.07, 6.45) is 73.8. The van der Waals surface area contributed by atoms with Crippen LogP contribution in [-0.4, -0.2) is 87.5 Å². The van der Waals surface area contributed by atoms with E-state index in [4.69, 9.17) is 9.47 Å². The number of nitrogens with one attached hydrogen (secondary N) is 1. The van der Waals surface area contributed by atoms with Crippen molar-refractivity contribution in [2.75, 3.05) is 13.2 Å². The topological polar surface area (TPSA) is 149 Å². The normalized spacial score (nSPS) is 19.1. The molecule has 0 aromatic carbocycles. The molecule has 0 bridgehead atoms. The molecular formula is C69H125NO8. The van der Waals surface area contributed by atoms with E-state index in [1.807, 2.05) is 0 Å². The number of carbonyl (C=O) groups is 1. The Morgan fingerprint density at radius 2 is 0.795 bits per heavy atom. The zero-order chi connectivity index (χ0) is 56.5. The maximum atomic E-state index is 13.1. The zero-order valence-electron chi connectivity index (χ0n) is 50.7. The van der Waals surface area contributed by atoms with Gasteiger partial charge in [0.15, 0.2) is 6.29 Å². The highest BCUT2D eigenvalue weighted by molar-refractivity contribution is 5.76. The highest BCUT2D eigenvalue weighted by atomic mass is 16.7. The molecule has 7 atom stereocenters. The molecule has 1 heterocycles. The van der Waals surface area contributed by atoms with Crippen LogP contribution < -0.4 is 5.32 Å². The number of allylic oxidation sites excluding steroid dienone is 12. The van der Waals surface area contributed by atoms with Crippen molar-refractivity contribution >= 4 is 5.91 Å². The van der Waals surface area contributed by atoms with E-state index in [1.165, 1.54) is 186 Å². The Hall–Kier alpha value is -2.37. The van der Waals surface area contributed by atoms with Gasteiger partial charge in [-0.1, -0.05) is 305 Å². The minimum absolute atomic E-state index is 0.144. The zero-order valence-corrected chi connectivity index (χ0v) is 50.7. The minimum Gasteiger partial charge on any atom is -0.394 e. The van der Waals surface area contributed by atoms with Gasteiger partial charge in [-0.15, -0.1) is 0 Å². The molecule has 1 fully saturated rings. The second kappa shape index (κ2) is 57.8. The molecule has 78 heavy (non-hydrogen) atoms. The number of amides is 1. The van der Waals surface area contributed by atoms with Crippen molar-refractivity contribution < 1.29 is 39.8 Å². The third-order valence-electron chi connectivity index (χ3n) is 15.6. The largest absolute Gasteiger partial charge is 0.394 e. The number of carbonyl (C=O) groups excluding carboxylic acids is 1. The molecule has 1 aliphatic heterocycles. The van der Waals surface area contributed by atoms with E-state index in [0.717, 1.165) is 89.9 Å². The molecular weight excluding hydrogens is 971 g/mol. The predicted molar refractivity (Wildman–Crippen MR) is 332 cm³/mol. The summed E-state index contributed by atoms with van der Waals surface area (Å²) in [7, 11) is 0. The van der Waals surface area contributed by atoms with Crippen LogP contribution in [0.1, 0.15) is 303 Å². The first-order valence-corrected chi connectivity index (χ1v) is 33.1. The van der Waals surface area contributed by atoms with Crippen LogP contribution in [0, 0.1) is 0 Å². The molecule has 0 aromatic heterocycles. The van der Waals surface area contributed by atoms with Crippen LogP contribution in [0.25, 0.3) is 0 Å². The van der Waals surface area contributed by atoms with Crippen LogP contribution >= 0.6 is 0 Å². The third-order valence-corrected chi connectivity index (χ3v) is 15.6. The molecule has 0 radical (unpaired) electrons. The third kappa shape index (κ3) is 46.3. The Morgan fingerprint density at radius 3 is 1.18 bits per heavy atom. The van der Waals surface area contributed by atoms with Gasteiger partial charge < -0.3 is 40.3 Å². The molecule has 0 aliphatic carbocycles. The standard InChI is InChI=1S/C69H125NO8/c1-3-5-7-9-11-13-15-17-19-21-23-25-27-29-31-33-34-36-38-40-42-44-46-48-50-52-54-56-58-63(72)62(61-77-69-68(76)67(75)66(74)64(60-71)78-69)70-65(73)59-57-55-53-51-49-47-45-43-41-39-37-35-32-30-28-26-24-22-20-18-16-14-12-10-8-6-4-2/h6,8,12,14,18,20,24,26,30,32,37,39,62-64,66-69,71-72,74-76H,3-5,7,9-11,13,15-17,19,21-23,25,27-29,31,33-36,38,40-61H2,1-2H3,(H,70,73)/b8-6-,14-12-,20-18-,26-24-,32-30-,39-37-. The van der Waals surface area contributed by atoms with E-state index in [9.17, 15) is 30.3 Å². The monoisotopic (exact) mass is 1100 g/mol. The molecule has 454 valence electrons. The van der Waals surface area contributed by atoms with Gasteiger partial charge in [0.25, 0.3) is 0 Å². The second-order valence-electron chi connectivity index (χ2n) is 22.9. The van der Waals surface area contributed by atoms with Gasteiger partial charge >= 0.3 is 0 Å². The Labute approximate surface area is 480 Å². The SMILES string of the molecule is CC/C=C\C/C=C\C/C=C\C/C=C\C/C=C\C/C=C\CCCCCCCCCCC(=O)NC(COC1OC(CO)C(O)C(O)C1O)C(O)CCCCCCCCCCCCCCCCCCCCCCCCCCCCCC. The van der Waals surface area contributed by atoms with E-state index in [2.05, 4.69) is 92.1 Å². The van der Waals surface area contributed by atoms with Crippen LogP contribution in [0.4, 0.5) is 0 Å². The van der Waals surface area contributed by atoms with Crippen molar-refractivity contribution in [2.45, 2.75) is 346 Å². The molecule has 9 nitrogen and oxygen atoms in total. The van der Waals surface area contributed by atoms with Crippen molar-refractivity contribution in [3.05, 3.63) is 72.9 Å². The summed E-state index contributed by atoms with van der Waals surface area (Å²) in [5.74, 6) is -0.152. The first-order valence-electron chi connectivity index (χ1n) is 33.1. The van der Waals surface area contributed by atoms with Gasteiger partial charge in [0.2, 0.25) is 5.91 Å². The summed E-state index contributed by atoms with van der Waals surface area (Å²) < 4.78 is 11.4. The summed E-state index contributed by atoms with van der Waals surface area (Å²) in [5.41, 5.74) is 0. The predicted octanol–water partition coefficient (Wildman–Crippen LogP) is 17.6. The maximum absolute atomic E-state index is 13.1. The minimum atomic E-state index is -1.56. The fourth-order valence-corrected chi connectivity index (χ4v) is 10.4. The van der Waals surface area contributed by atoms with E-state index in [0.29, 0.717) is 12.8 Å². The fourth-order valence-electron chi connectivity index (χ4n) is 10.4. The Morgan fingerprint density at radius 1 is 0.449 bits per heavy atom. The van der Waals surface area contributed by atoms with Gasteiger partial charge in [0, 0.05) is 6.42 Å². The van der Waals surface area contributed by atoms with Gasteiger partial charge in [-0.2, -0.15) is 0 Å². The van der Waals surface area contributed by atoms with Gasteiger partial charge in [0.1, 0.15) is 24.4 Å².